The number of likely N-dealkylation sites (tertiary alicyclic amines) is 1. The second-order valence-electron chi connectivity index (χ2n) is 5.42. The first-order valence-electron chi connectivity index (χ1n) is 6.21. The average Bonchev–Trinajstić information content (AvgIpc) is 3.20. The molecule has 1 aromatic rings. The number of phenols is 1. The predicted octanol–water partition coefficient (Wildman–Crippen LogP) is 1.41. The van der Waals surface area contributed by atoms with Gasteiger partial charge in [-0.1, -0.05) is 0 Å². The Labute approximate surface area is 112 Å². The third-order valence-electron chi connectivity index (χ3n) is 3.92. The summed E-state index contributed by atoms with van der Waals surface area (Å²) < 4.78 is 39.7. The first-order chi connectivity index (χ1) is 9.33. The zero-order valence-electron chi connectivity index (χ0n) is 10.4. The van der Waals surface area contributed by atoms with Crippen LogP contribution in [0, 0.1) is 23.4 Å². The Kier molecular flexibility index (Phi) is 2.72. The number of hydrogen-bond acceptors (Lipinski definition) is 3. The van der Waals surface area contributed by atoms with Gasteiger partial charge in [-0.25, -0.2) is 8.78 Å². The molecule has 1 heterocycles. The summed E-state index contributed by atoms with van der Waals surface area (Å²) in [5.41, 5.74) is -1.69. The van der Waals surface area contributed by atoms with Gasteiger partial charge in [-0.3, -0.25) is 4.79 Å². The number of hydrogen-bond donors (Lipinski definition) is 2. The minimum atomic E-state index is -1.72. The highest BCUT2D eigenvalue weighted by Gasteiger charge is 2.53. The van der Waals surface area contributed by atoms with Crippen LogP contribution in [0.5, 0.6) is 5.75 Å². The van der Waals surface area contributed by atoms with E-state index < -0.39 is 40.3 Å². The maximum Gasteiger partial charge on any atom is 0.257 e. The highest BCUT2D eigenvalue weighted by Crippen LogP contribution is 2.45. The van der Waals surface area contributed by atoms with E-state index in [0.29, 0.717) is 6.07 Å². The molecular formula is C13H12F3NO3. The molecule has 7 heteroatoms. The maximum atomic E-state index is 13.6. The number of carbonyl (C=O) groups is 1. The zero-order chi connectivity index (χ0) is 14.7. The van der Waals surface area contributed by atoms with Crippen molar-refractivity contribution in [3.05, 3.63) is 29.1 Å². The quantitative estimate of drug-likeness (QED) is 0.808. The van der Waals surface area contributed by atoms with Crippen LogP contribution in [0.25, 0.3) is 0 Å². The SMILES string of the molecule is O=C(c1cc(F)c(F)c(O)c1F)N1CC(O)(C2CC2)C1. The molecule has 1 saturated carbocycles. The van der Waals surface area contributed by atoms with Crippen LogP contribution in [-0.2, 0) is 0 Å². The highest BCUT2D eigenvalue weighted by molar-refractivity contribution is 5.95. The predicted molar refractivity (Wildman–Crippen MR) is 61.6 cm³/mol. The number of rotatable bonds is 2. The summed E-state index contributed by atoms with van der Waals surface area (Å²) >= 11 is 0. The number of aliphatic hydroxyl groups is 1. The monoisotopic (exact) mass is 287 g/mol. The number of phenolic OH excluding ortho intramolecular Hbond substituents is 1. The molecule has 0 bridgehead atoms. The van der Waals surface area contributed by atoms with Crippen LogP contribution >= 0.6 is 0 Å². The molecule has 1 saturated heterocycles. The van der Waals surface area contributed by atoms with Crippen molar-refractivity contribution in [2.24, 2.45) is 5.92 Å². The second kappa shape index (κ2) is 4.12. The van der Waals surface area contributed by atoms with Crippen molar-refractivity contribution in [2.45, 2.75) is 18.4 Å². The van der Waals surface area contributed by atoms with E-state index in [9.17, 15) is 23.1 Å². The van der Waals surface area contributed by atoms with Crippen molar-refractivity contribution in [2.75, 3.05) is 13.1 Å². The van der Waals surface area contributed by atoms with E-state index in [-0.39, 0.29) is 19.0 Å². The molecule has 0 unspecified atom stereocenters. The molecule has 1 aliphatic heterocycles. The lowest BCUT2D eigenvalue weighted by Gasteiger charge is -2.47. The molecule has 1 aromatic carbocycles. The fourth-order valence-corrected chi connectivity index (χ4v) is 2.55. The molecular weight excluding hydrogens is 275 g/mol. The van der Waals surface area contributed by atoms with Crippen LogP contribution in [-0.4, -0.2) is 39.7 Å². The van der Waals surface area contributed by atoms with E-state index in [1.54, 1.807) is 0 Å². The van der Waals surface area contributed by atoms with Crippen molar-refractivity contribution in [1.82, 2.24) is 4.90 Å². The molecule has 2 fully saturated rings. The first kappa shape index (κ1) is 13.2. The van der Waals surface area contributed by atoms with Gasteiger partial charge in [-0.15, -0.1) is 0 Å². The van der Waals surface area contributed by atoms with Gasteiger partial charge in [0.05, 0.1) is 18.7 Å². The Morgan fingerprint density at radius 2 is 1.85 bits per heavy atom. The summed E-state index contributed by atoms with van der Waals surface area (Å²) in [4.78, 5) is 13.1. The Morgan fingerprint density at radius 1 is 1.25 bits per heavy atom. The molecule has 3 rings (SSSR count). The van der Waals surface area contributed by atoms with Crippen molar-refractivity contribution in [1.29, 1.82) is 0 Å². The fraction of sp³-hybridized carbons (Fsp3) is 0.462. The standard InChI is InChI=1S/C13H12F3NO3/c14-8-3-7(9(15)11(18)10(8)16)12(19)17-4-13(20,5-17)6-1-2-6/h3,6,18,20H,1-2,4-5H2. The molecule has 0 aromatic heterocycles. The summed E-state index contributed by atoms with van der Waals surface area (Å²) in [6, 6.07) is 0.418. The Bertz CT molecular complexity index is 595. The van der Waals surface area contributed by atoms with Gasteiger partial charge in [0.2, 0.25) is 5.82 Å². The van der Waals surface area contributed by atoms with Crippen LogP contribution in [0.2, 0.25) is 0 Å². The lowest BCUT2D eigenvalue weighted by molar-refractivity contribution is -0.0959. The minimum absolute atomic E-state index is 0.0374. The average molecular weight is 287 g/mol. The van der Waals surface area contributed by atoms with Gasteiger partial charge >= 0.3 is 0 Å². The molecule has 4 nitrogen and oxygen atoms in total. The van der Waals surface area contributed by atoms with Crippen molar-refractivity contribution >= 4 is 5.91 Å². The molecule has 2 N–H and O–H groups in total. The number of halogens is 3. The highest BCUT2D eigenvalue weighted by atomic mass is 19.2. The number of aromatic hydroxyl groups is 1. The molecule has 2 aliphatic rings. The number of carbonyl (C=O) groups excluding carboxylic acids is 1. The van der Waals surface area contributed by atoms with Gasteiger partial charge in [-0.05, 0) is 24.8 Å². The number of amides is 1. The topological polar surface area (TPSA) is 60.8 Å². The third kappa shape index (κ3) is 1.84. The van der Waals surface area contributed by atoms with E-state index >= 15 is 0 Å². The van der Waals surface area contributed by atoms with Crippen LogP contribution in [0.3, 0.4) is 0 Å². The van der Waals surface area contributed by atoms with E-state index in [2.05, 4.69) is 0 Å². The lowest BCUT2D eigenvalue weighted by atomic mass is 9.88. The Balaban J connectivity index is 1.82. The van der Waals surface area contributed by atoms with Crippen molar-refractivity contribution in [3.63, 3.8) is 0 Å². The maximum absolute atomic E-state index is 13.6. The van der Waals surface area contributed by atoms with Crippen LogP contribution in [0.15, 0.2) is 6.07 Å². The van der Waals surface area contributed by atoms with E-state index in [4.69, 9.17) is 5.11 Å². The molecule has 1 aliphatic carbocycles. The van der Waals surface area contributed by atoms with E-state index in [1.165, 1.54) is 0 Å². The van der Waals surface area contributed by atoms with Gasteiger partial charge in [0, 0.05) is 0 Å². The van der Waals surface area contributed by atoms with Gasteiger partial charge < -0.3 is 15.1 Å². The minimum Gasteiger partial charge on any atom is -0.503 e. The zero-order valence-corrected chi connectivity index (χ0v) is 10.4. The molecule has 20 heavy (non-hydrogen) atoms. The van der Waals surface area contributed by atoms with Crippen LogP contribution in [0.1, 0.15) is 23.2 Å². The third-order valence-corrected chi connectivity index (χ3v) is 3.92. The Hall–Kier alpha value is -1.76. The van der Waals surface area contributed by atoms with Crippen LogP contribution in [0.4, 0.5) is 13.2 Å². The molecule has 108 valence electrons. The van der Waals surface area contributed by atoms with Crippen molar-refractivity contribution in [3.8, 4) is 5.75 Å². The van der Waals surface area contributed by atoms with Gasteiger partial charge in [0.15, 0.2) is 17.4 Å². The summed E-state index contributed by atoms with van der Waals surface area (Å²) in [7, 11) is 0. The molecule has 0 spiro atoms. The van der Waals surface area contributed by atoms with Crippen LogP contribution < -0.4 is 0 Å². The van der Waals surface area contributed by atoms with Crippen molar-refractivity contribution < 1.29 is 28.2 Å². The fourth-order valence-electron chi connectivity index (χ4n) is 2.55. The summed E-state index contributed by atoms with van der Waals surface area (Å²) in [5, 5.41) is 19.1. The summed E-state index contributed by atoms with van der Waals surface area (Å²) in [5.74, 6) is -6.94. The summed E-state index contributed by atoms with van der Waals surface area (Å²) in [6.07, 6.45) is 1.78. The normalized spacial score (nSPS) is 20.7. The lowest BCUT2D eigenvalue weighted by Crippen LogP contribution is -2.64. The summed E-state index contributed by atoms with van der Waals surface area (Å²) in [6.45, 7) is 0.0748. The second-order valence-corrected chi connectivity index (χ2v) is 5.42. The number of β-amino-alcohol motifs (C(OH)–C–C–N with tert-alkyl or cyclic N) is 1. The largest absolute Gasteiger partial charge is 0.503 e. The number of benzene rings is 1. The van der Waals surface area contributed by atoms with E-state index in [1.807, 2.05) is 0 Å². The smallest absolute Gasteiger partial charge is 0.257 e. The van der Waals surface area contributed by atoms with Gasteiger partial charge in [0.25, 0.3) is 5.91 Å². The molecule has 0 atom stereocenters. The van der Waals surface area contributed by atoms with Gasteiger partial charge in [-0.2, -0.15) is 4.39 Å². The molecule has 0 radical (unpaired) electrons. The van der Waals surface area contributed by atoms with E-state index in [0.717, 1.165) is 17.7 Å². The van der Waals surface area contributed by atoms with Gasteiger partial charge in [0.1, 0.15) is 5.60 Å². The Morgan fingerprint density at radius 3 is 2.40 bits per heavy atom. The molecule has 1 amide bonds. The first-order valence-corrected chi connectivity index (χ1v) is 6.21. The number of nitrogens with zero attached hydrogens (tertiary/aromatic N) is 1.